The van der Waals surface area contributed by atoms with Gasteiger partial charge in [-0.05, 0) is 37.5 Å². The van der Waals surface area contributed by atoms with Crippen LogP contribution in [0.15, 0.2) is 24.5 Å². The molecule has 4 nitrogen and oxygen atoms in total. The van der Waals surface area contributed by atoms with E-state index in [1.54, 1.807) is 12.4 Å². The highest BCUT2D eigenvalue weighted by molar-refractivity contribution is 5.83. The van der Waals surface area contributed by atoms with Crippen molar-refractivity contribution in [2.45, 2.75) is 39.7 Å². The average molecular weight is 249 g/mol. The molecule has 4 heteroatoms. The lowest BCUT2D eigenvalue weighted by molar-refractivity contribution is -0.131. The van der Waals surface area contributed by atoms with Crippen molar-refractivity contribution < 1.29 is 4.79 Å². The monoisotopic (exact) mass is 249 g/mol. The predicted molar refractivity (Wildman–Crippen MR) is 72.9 cm³/mol. The van der Waals surface area contributed by atoms with Crippen LogP contribution in [0.4, 0.5) is 0 Å². The molecule has 1 atom stereocenters. The van der Waals surface area contributed by atoms with Crippen molar-refractivity contribution >= 4 is 5.91 Å². The third-order valence-electron chi connectivity index (χ3n) is 3.78. The minimum Gasteiger partial charge on any atom is -0.349 e. The molecule has 0 aromatic carbocycles. The van der Waals surface area contributed by atoms with Gasteiger partial charge in [0.25, 0.3) is 0 Å². The Morgan fingerprint density at radius 2 is 1.94 bits per heavy atom. The highest BCUT2D eigenvalue weighted by Gasteiger charge is 2.33. The van der Waals surface area contributed by atoms with E-state index in [0.717, 1.165) is 18.4 Å². The first-order valence-corrected chi connectivity index (χ1v) is 6.50. The molecule has 1 aromatic rings. The van der Waals surface area contributed by atoms with Gasteiger partial charge in [0, 0.05) is 18.9 Å². The molecule has 0 radical (unpaired) electrons. The van der Waals surface area contributed by atoms with Gasteiger partial charge in [-0.2, -0.15) is 0 Å². The maximum atomic E-state index is 12.3. The minimum atomic E-state index is -0.443. The summed E-state index contributed by atoms with van der Waals surface area (Å²) in [7, 11) is 0. The Morgan fingerprint density at radius 3 is 2.39 bits per heavy atom. The second-order valence-electron chi connectivity index (χ2n) is 4.67. The summed E-state index contributed by atoms with van der Waals surface area (Å²) in [6.45, 7) is 6.37. The van der Waals surface area contributed by atoms with Crippen LogP contribution in [0.25, 0.3) is 0 Å². The van der Waals surface area contributed by atoms with Gasteiger partial charge in [-0.25, -0.2) is 0 Å². The summed E-state index contributed by atoms with van der Waals surface area (Å²) in [6, 6.07) is 3.80. The van der Waals surface area contributed by atoms with Gasteiger partial charge in [0.15, 0.2) is 0 Å². The smallest absolute Gasteiger partial charge is 0.227 e. The van der Waals surface area contributed by atoms with Crippen LogP contribution in [0.2, 0.25) is 0 Å². The lowest BCUT2D eigenvalue weighted by Crippen LogP contribution is -2.46. The number of amides is 1. The molecule has 18 heavy (non-hydrogen) atoms. The lowest BCUT2D eigenvalue weighted by atomic mass is 9.81. The van der Waals surface area contributed by atoms with Gasteiger partial charge in [-0.3, -0.25) is 9.78 Å². The van der Waals surface area contributed by atoms with E-state index in [9.17, 15) is 4.79 Å². The van der Waals surface area contributed by atoms with Gasteiger partial charge in [0.2, 0.25) is 5.91 Å². The maximum absolute atomic E-state index is 12.3. The zero-order valence-electron chi connectivity index (χ0n) is 11.4. The Morgan fingerprint density at radius 1 is 1.39 bits per heavy atom. The molecule has 0 fully saturated rings. The zero-order valence-corrected chi connectivity index (χ0v) is 11.4. The fraction of sp³-hybridized carbons (Fsp3) is 0.571. The number of nitrogens with one attached hydrogen (secondary N) is 1. The Balaban J connectivity index is 2.75. The molecule has 1 rings (SSSR count). The minimum absolute atomic E-state index is 0.0236. The SMILES string of the molecule is CCC(CC)(CN)C(=O)N[C@H](C)c1ccncc1. The molecule has 0 saturated carbocycles. The molecule has 0 unspecified atom stereocenters. The third kappa shape index (κ3) is 3.07. The van der Waals surface area contributed by atoms with Crippen molar-refractivity contribution in [3.63, 3.8) is 0 Å². The second-order valence-corrected chi connectivity index (χ2v) is 4.67. The molecule has 1 amide bonds. The summed E-state index contributed by atoms with van der Waals surface area (Å²) in [5, 5.41) is 3.04. The summed E-state index contributed by atoms with van der Waals surface area (Å²) >= 11 is 0. The number of hydrogen-bond acceptors (Lipinski definition) is 3. The molecule has 3 N–H and O–H groups in total. The van der Waals surface area contributed by atoms with Crippen molar-refractivity contribution in [3.05, 3.63) is 30.1 Å². The third-order valence-corrected chi connectivity index (χ3v) is 3.78. The van der Waals surface area contributed by atoms with Gasteiger partial charge >= 0.3 is 0 Å². The van der Waals surface area contributed by atoms with Crippen LogP contribution in [0.5, 0.6) is 0 Å². The number of carbonyl (C=O) groups excluding carboxylic acids is 1. The topological polar surface area (TPSA) is 68.0 Å². The molecule has 0 aliphatic rings. The van der Waals surface area contributed by atoms with Gasteiger partial charge in [0.05, 0.1) is 11.5 Å². The highest BCUT2D eigenvalue weighted by atomic mass is 16.2. The Bertz CT molecular complexity index is 366. The summed E-state index contributed by atoms with van der Waals surface area (Å²) in [4.78, 5) is 16.3. The van der Waals surface area contributed by atoms with Crippen LogP contribution in [-0.2, 0) is 4.79 Å². The molecule has 0 bridgehead atoms. The first-order valence-electron chi connectivity index (χ1n) is 6.50. The van der Waals surface area contributed by atoms with E-state index < -0.39 is 5.41 Å². The average Bonchev–Trinajstić information content (AvgIpc) is 2.42. The number of carbonyl (C=O) groups is 1. The normalized spacial score (nSPS) is 13.1. The molecule has 1 heterocycles. The summed E-state index contributed by atoms with van der Waals surface area (Å²) < 4.78 is 0. The molecular formula is C14H23N3O. The summed E-state index contributed by atoms with van der Waals surface area (Å²) in [6.07, 6.45) is 4.98. The van der Waals surface area contributed by atoms with Crippen molar-refractivity contribution in [2.24, 2.45) is 11.1 Å². The highest BCUT2D eigenvalue weighted by Crippen LogP contribution is 2.26. The number of hydrogen-bond donors (Lipinski definition) is 2. The van der Waals surface area contributed by atoms with Gasteiger partial charge in [0.1, 0.15) is 0 Å². The molecule has 0 saturated heterocycles. The Labute approximate surface area is 109 Å². The van der Waals surface area contributed by atoms with Crippen molar-refractivity contribution in [1.29, 1.82) is 0 Å². The first-order chi connectivity index (χ1) is 8.59. The van der Waals surface area contributed by atoms with E-state index in [2.05, 4.69) is 10.3 Å². The zero-order chi connectivity index (χ0) is 13.6. The van der Waals surface area contributed by atoms with E-state index in [4.69, 9.17) is 5.73 Å². The van der Waals surface area contributed by atoms with E-state index in [-0.39, 0.29) is 11.9 Å². The quantitative estimate of drug-likeness (QED) is 0.810. The number of pyridine rings is 1. The number of rotatable bonds is 6. The van der Waals surface area contributed by atoms with Crippen molar-refractivity contribution in [3.8, 4) is 0 Å². The van der Waals surface area contributed by atoms with Crippen LogP contribution in [0.3, 0.4) is 0 Å². The van der Waals surface area contributed by atoms with E-state index in [1.165, 1.54) is 0 Å². The number of aromatic nitrogens is 1. The van der Waals surface area contributed by atoms with E-state index in [1.807, 2.05) is 32.9 Å². The largest absolute Gasteiger partial charge is 0.349 e. The van der Waals surface area contributed by atoms with E-state index in [0.29, 0.717) is 6.54 Å². The standard InChI is InChI=1S/C14H23N3O/c1-4-14(5-2,10-15)13(18)17-11(3)12-6-8-16-9-7-12/h6-9,11H,4-5,10,15H2,1-3H3,(H,17,18)/t11-/m1/s1. The van der Waals surface area contributed by atoms with Crippen molar-refractivity contribution in [2.75, 3.05) is 6.54 Å². The first kappa shape index (κ1) is 14.6. The molecule has 0 aliphatic heterocycles. The summed E-state index contributed by atoms with van der Waals surface area (Å²) in [5.74, 6) is 0.0410. The Kier molecular flexibility index (Phi) is 5.28. The molecule has 100 valence electrons. The van der Waals surface area contributed by atoms with Gasteiger partial charge in [-0.15, -0.1) is 0 Å². The summed E-state index contributed by atoms with van der Waals surface area (Å²) in [5.41, 5.74) is 6.38. The van der Waals surface area contributed by atoms with Crippen LogP contribution in [0.1, 0.15) is 45.2 Å². The fourth-order valence-corrected chi connectivity index (χ4v) is 2.04. The fourth-order valence-electron chi connectivity index (χ4n) is 2.04. The lowest BCUT2D eigenvalue weighted by Gasteiger charge is -2.30. The molecule has 0 aliphatic carbocycles. The predicted octanol–water partition coefficient (Wildman–Crippen LogP) is 2.02. The van der Waals surface area contributed by atoms with Crippen LogP contribution in [0, 0.1) is 5.41 Å². The molecular weight excluding hydrogens is 226 g/mol. The van der Waals surface area contributed by atoms with E-state index >= 15 is 0 Å². The van der Waals surface area contributed by atoms with Crippen LogP contribution in [-0.4, -0.2) is 17.4 Å². The maximum Gasteiger partial charge on any atom is 0.227 e. The molecule has 0 spiro atoms. The van der Waals surface area contributed by atoms with Crippen molar-refractivity contribution in [1.82, 2.24) is 10.3 Å². The van der Waals surface area contributed by atoms with Gasteiger partial charge < -0.3 is 11.1 Å². The van der Waals surface area contributed by atoms with Gasteiger partial charge in [-0.1, -0.05) is 13.8 Å². The second kappa shape index (κ2) is 6.50. The number of nitrogens with zero attached hydrogens (tertiary/aromatic N) is 1. The number of nitrogens with two attached hydrogens (primary N) is 1. The van der Waals surface area contributed by atoms with Crippen LogP contribution < -0.4 is 11.1 Å². The Hall–Kier alpha value is -1.42. The molecule has 1 aromatic heterocycles. The van der Waals surface area contributed by atoms with Crippen LogP contribution >= 0.6 is 0 Å².